The Balaban J connectivity index is 2.26. The van der Waals surface area contributed by atoms with Gasteiger partial charge < -0.3 is 11.1 Å². The van der Waals surface area contributed by atoms with Crippen molar-refractivity contribution in [2.75, 3.05) is 18.8 Å². The fourth-order valence-electron chi connectivity index (χ4n) is 1.89. The molecule has 0 spiro atoms. The summed E-state index contributed by atoms with van der Waals surface area (Å²) in [5, 5.41) is 18.9. The number of nitriles is 1. The predicted octanol–water partition coefficient (Wildman–Crippen LogP) is 0.331. The standard InChI is InChI=1S/C9H13N5/c10-5-7-8(13-14-9(7)11)6-1-3-12-4-2-6/h6,12H,1-4H2,(H3,11,13,14). The number of aromatic amines is 1. The molecule has 4 N–H and O–H groups in total. The molecule has 0 amide bonds. The predicted molar refractivity (Wildman–Crippen MR) is 52.6 cm³/mol. The van der Waals surface area contributed by atoms with Gasteiger partial charge in [0.1, 0.15) is 11.6 Å². The molecule has 5 nitrogen and oxygen atoms in total. The van der Waals surface area contributed by atoms with Gasteiger partial charge in [-0.3, -0.25) is 5.10 Å². The Labute approximate surface area is 82.3 Å². The van der Waals surface area contributed by atoms with Crippen LogP contribution in [0.5, 0.6) is 0 Å². The molecule has 0 unspecified atom stereocenters. The number of hydrogen-bond donors (Lipinski definition) is 3. The summed E-state index contributed by atoms with van der Waals surface area (Å²) in [5.41, 5.74) is 7.01. The SMILES string of the molecule is N#Cc1c(N)n[nH]c1C1CCNCC1. The lowest BCUT2D eigenvalue weighted by Gasteiger charge is -2.21. The van der Waals surface area contributed by atoms with Gasteiger partial charge in [0.25, 0.3) is 0 Å². The summed E-state index contributed by atoms with van der Waals surface area (Å²) in [5.74, 6) is 0.719. The average Bonchev–Trinajstić information content (AvgIpc) is 2.61. The number of anilines is 1. The van der Waals surface area contributed by atoms with Crippen molar-refractivity contribution >= 4 is 5.82 Å². The number of nitrogens with two attached hydrogens (primary N) is 1. The maximum Gasteiger partial charge on any atom is 0.163 e. The third-order valence-corrected chi connectivity index (χ3v) is 2.68. The fraction of sp³-hybridized carbons (Fsp3) is 0.556. The molecule has 1 aromatic rings. The molecular weight excluding hydrogens is 178 g/mol. The van der Waals surface area contributed by atoms with Gasteiger partial charge in [0.2, 0.25) is 0 Å². The van der Waals surface area contributed by atoms with Crippen molar-refractivity contribution < 1.29 is 0 Å². The number of aromatic nitrogens is 2. The van der Waals surface area contributed by atoms with Crippen LogP contribution in [0.15, 0.2) is 0 Å². The van der Waals surface area contributed by atoms with E-state index in [0.717, 1.165) is 31.6 Å². The van der Waals surface area contributed by atoms with Crippen molar-refractivity contribution in [2.24, 2.45) is 0 Å². The van der Waals surface area contributed by atoms with Gasteiger partial charge in [-0.2, -0.15) is 10.4 Å². The molecule has 5 heteroatoms. The zero-order valence-corrected chi connectivity index (χ0v) is 7.88. The molecule has 1 fully saturated rings. The van der Waals surface area contributed by atoms with E-state index in [2.05, 4.69) is 21.6 Å². The van der Waals surface area contributed by atoms with Gasteiger partial charge in [-0.1, -0.05) is 0 Å². The number of H-pyrrole nitrogens is 1. The van der Waals surface area contributed by atoms with E-state index in [1.165, 1.54) is 0 Å². The quantitative estimate of drug-likeness (QED) is 0.596. The highest BCUT2D eigenvalue weighted by Gasteiger charge is 2.21. The van der Waals surface area contributed by atoms with Crippen LogP contribution in [-0.4, -0.2) is 23.3 Å². The first kappa shape index (κ1) is 9.03. The monoisotopic (exact) mass is 191 g/mol. The normalized spacial score (nSPS) is 17.9. The molecule has 1 aliphatic heterocycles. The molecule has 74 valence electrons. The van der Waals surface area contributed by atoms with E-state index in [0.29, 0.717) is 17.3 Å². The van der Waals surface area contributed by atoms with Crippen LogP contribution in [0.1, 0.15) is 30.0 Å². The van der Waals surface area contributed by atoms with Crippen LogP contribution in [0.25, 0.3) is 0 Å². The fourth-order valence-corrected chi connectivity index (χ4v) is 1.89. The molecule has 2 rings (SSSR count). The highest BCUT2D eigenvalue weighted by molar-refractivity contribution is 5.51. The van der Waals surface area contributed by atoms with Gasteiger partial charge in [-0.05, 0) is 25.9 Å². The Hall–Kier alpha value is -1.54. The molecule has 0 saturated carbocycles. The van der Waals surface area contributed by atoms with Crippen LogP contribution in [0, 0.1) is 11.3 Å². The number of nitrogens with zero attached hydrogens (tertiary/aromatic N) is 2. The minimum Gasteiger partial charge on any atom is -0.381 e. The summed E-state index contributed by atoms with van der Waals surface area (Å²) in [6.45, 7) is 1.99. The van der Waals surface area contributed by atoms with Gasteiger partial charge in [-0.15, -0.1) is 0 Å². The molecule has 1 saturated heterocycles. The van der Waals surface area contributed by atoms with E-state index >= 15 is 0 Å². The van der Waals surface area contributed by atoms with Gasteiger partial charge in [0, 0.05) is 5.92 Å². The van der Waals surface area contributed by atoms with E-state index in [1.807, 2.05) is 0 Å². The van der Waals surface area contributed by atoms with Gasteiger partial charge in [-0.25, -0.2) is 0 Å². The van der Waals surface area contributed by atoms with Crippen molar-refractivity contribution in [1.29, 1.82) is 5.26 Å². The number of piperidine rings is 1. The Kier molecular flexibility index (Phi) is 2.37. The third kappa shape index (κ3) is 1.44. The molecule has 0 aliphatic carbocycles. The number of nitrogen functional groups attached to an aromatic ring is 1. The number of nitrogens with one attached hydrogen (secondary N) is 2. The van der Waals surface area contributed by atoms with Crippen molar-refractivity contribution in [3.8, 4) is 6.07 Å². The van der Waals surface area contributed by atoms with Crippen molar-refractivity contribution in [1.82, 2.24) is 15.5 Å². The van der Waals surface area contributed by atoms with Crippen molar-refractivity contribution in [3.05, 3.63) is 11.3 Å². The molecule has 0 bridgehead atoms. The second-order valence-corrected chi connectivity index (χ2v) is 3.53. The van der Waals surface area contributed by atoms with Gasteiger partial charge in [0.15, 0.2) is 5.82 Å². The van der Waals surface area contributed by atoms with E-state index in [1.54, 1.807) is 0 Å². The maximum atomic E-state index is 8.91. The zero-order chi connectivity index (χ0) is 9.97. The number of hydrogen-bond acceptors (Lipinski definition) is 4. The maximum absolute atomic E-state index is 8.91. The Morgan fingerprint density at radius 3 is 2.79 bits per heavy atom. The summed E-state index contributed by atoms with van der Waals surface area (Å²) in [4.78, 5) is 0. The highest BCUT2D eigenvalue weighted by Crippen LogP contribution is 2.27. The van der Waals surface area contributed by atoms with Crippen molar-refractivity contribution in [3.63, 3.8) is 0 Å². The molecule has 14 heavy (non-hydrogen) atoms. The van der Waals surface area contributed by atoms with Crippen LogP contribution < -0.4 is 11.1 Å². The summed E-state index contributed by atoms with van der Waals surface area (Å²) < 4.78 is 0. The second kappa shape index (κ2) is 3.68. The Morgan fingerprint density at radius 1 is 1.43 bits per heavy atom. The topological polar surface area (TPSA) is 90.5 Å². The van der Waals surface area contributed by atoms with Crippen LogP contribution >= 0.6 is 0 Å². The van der Waals surface area contributed by atoms with E-state index in [4.69, 9.17) is 11.0 Å². The Morgan fingerprint density at radius 2 is 2.14 bits per heavy atom. The summed E-state index contributed by atoms with van der Waals surface area (Å²) in [6.07, 6.45) is 2.08. The smallest absolute Gasteiger partial charge is 0.163 e. The highest BCUT2D eigenvalue weighted by atomic mass is 15.2. The largest absolute Gasteiger partial charge is 0.381 e. The van der Waals surface area contributed by atoms with E-state index in [9.17, 15) is 0 Å². The Bertz CT molecular complexity index is 356. The van der Waals surface area contributed by atoms with Crippen LogP contribution in [0.3, 0.4) is 0 Å². The number of rotatable bonds is 1. The summed E-state index contributed by atoms with van der Waals surface area (Å²) >= 11 is 0. The summed E-state index contributed by atoms with van der Waals surface area (Å²) in [6, 6.07) is 2.10. The minimum atomic E-state index is 0.320. The lowest BCUT2D eigenvalue weighted by molar-refractivity contribution is 0.452. The summed E-state index contributed by atoms with van der Waals surface area (Å²) in [7, 11) is 0. The van der Waals surface area contributed by atoms with E-state index in [-0.39, 0.29) is 0 Å². The van der Waals surface area contributed by atoms with Crippen LogP contribution in [-0.2, 0) is 0 Å². The van der Waals surface area contributed by atoms with Crippen LogP contribution in [0.4, 0.5) is 5.82 Å². The second-order valence-electron chi connectivity index (χ2n) is 3.53. The van der Waals surface area contributed by atoms with Crippen LogP contribution in [0.2, 0.25) is 0 Å². The first-order valence-corrected chi connectivity index (χ1v) is 4.77. The average molecular weight is 191 g/mol. The van der Waals surface area contributed by atoms with Gasteiger partial charge >= 0.3 is 0 Å². The lowest BCUT2D eigenvalue weighted by atomic mass is 9.92. The molecule has 1 aromatic heterocycles. The van der Waals surface area contributed by atoms with Crippen molar-refractivity contribution in [2.45, 2.75) is 18.8 Å². The first-order chi connectivity index (χ1) is 6.83. The zero-order valence-electron chi connectivity index (χ0n) is 7.88. The molecule has 0 aromatic carbocycles. The minimum absolute atomic E-state index is 0.320. The lowest BCUT2D eigenvalue weighted by Crippen LogP contribution is -2.27. The molecular formula is C9H13N5. The first-order valence-electron chi connectivity index (χ1n) is 4.77. The third-order valence-electron chi connectivity index (χ3n) is 2.68. The molecule has 0 atom stereocenters. The van der Waals surface area contributed by atoms with E-state index < -0.39 is 0 Å². The molecule has 1 aliphatic rings. The molecule has 0 radical (unpaired) electrons. The van der Waals surface area contributed by atoms with Gasteiger partial charge in [0.05, 0.1) is 5.69 Å². The molecule has 2 heterocycles.